The van der Waals surface area contributed by atoms with E-state index in [1.165, 1.54) is 0 Å². The van der Waals surface area contributed by atoms with Gasteiger partial charge in [0.15, 0.2) is 0 Å². The lowest BCUT2D eigenvalue weighted by atomic mass is 10.2. The van der Waals surface area contributed by atoms with Crippen molar-refractivity contribution in [3.63, 3.8) is 0 Å². The van der Waals surface area contributed by atoms with Gasteiger partial charge in [-0.05, 0) is 7.05 Å². The zero-order valence-electron chi connectivity index (χ0n) is 12.1. The number of esters is 2. The van der Waals surface area contributed by atoms with E-state index < -0.39 is 0 Å². The van der Waals surface area contributed by atoms with Gasteiger partial charge in [0.2, 0.25) is 0 Å². The maximum atomic E-state index is 11.2. The summed E-state index contributed by atoms with van der Waals surface area (Å²) in [5, 5.41) is 0. The fourth-order valence-electron chi connectivity index (χ4n) is 1.05. The van der Waals surface area contributed by atoms with Crippen LogP contribution in [0, 0.1) is 11.8 Å². The van der Waals surface area contributed by atoms with Gasteiger partial charge in [-0.1, -0.05) is 27.7 Å². The lowest BCUT2D eigenvalue weighted by Crippen LogP contribution is -2.29. The Labute approximate surface area is 109 Å². The molecule has 0 aliphatic carbocycles. The molecule has 0 aliphatic rings. The first-order valence-corrected chi connectivity index (χ1v) is 6.36. The fraction of sp³-hybridized carbons (Fsp3) is 0.846. The fourth-order valence-corrected chi connectivity index (χ4v) is 1.05. The summed E-state index contributed by atoms with van der Waals surface area (Å²) in [5.41, 5.74) is 0. The van der Waals surface area contributed by atoms with Gasteiger partial charge in [-0.15, -0.1) is 0 Å². The van der Waals surface area contributed by atoms with Crippen LogP contribution in [0.2, 0.25) is 0 Å². The molecule has 0 fully saturated rings. The smallest absolute Gasteiger partial charge is 0.308 e. The number of hydrogen-bond donors (Lipinski definition) is 0. The van der Waals surface area contributed by atoms with Crippen LogP contribution in [0.1, 0.15) is 27.7 Å². The van der Waals surface area contributed by atoms with E-state index in [0.29, 0.717) is 26.3 Å². The van der Waals surface area contributed by atoms with Crippen LogP contribution in [0.3, 0.4) is 0 Å². The average molecular weight is 259 g/mol. The molecule has 5 nitrogen and oxygen atoms in total. The highest BCUT2D eigenvalue weighted by molar-refractivity contribution is 5.71. The molecule has 0 saturated carbocycles. The summed E-state index contributed by atoms with van der Waals surface area (Å²) >= 11 is 0. The molecule has 0 aliphatic heterocycles. The summed E-state index contributed by atoms with van der Waals surface area (Å²) in [6.45, 7) is 9.22. The Morgan fingerprint density at radius 1 is 0.889 bits per heavy atom. The summed E-state index contributed by atoms with van der Waals surface area (Å²) in [5.74, 6) is -0.561. The minimum atomic E-state index is -0.186. The lowest BCUT2D eigenvalue weighted by Gasteiger charge is -2.17. The molecule has 0 saturated heterocycles. The molecule has 0 rings (SSSR count). The van der Waals surface area contributed by atoms with Gasteiger partial charge < -0.3 is 9.47 Å². The van der Waals surface area contributed by atoms with Crippen molar-refractivity contribution in [2.24, 2.45) is 11.8 Å². The van der Waals surface area contributed by atoms with Crippen molar-refractivity contribution in [3.05, 3.63) is 0 Å². The number of ether oxygens (including phenoxy) is 2. The highest BCUT2D eigenvalue weighted by Gasteiger charge is 2.10. The van der Waals surface area contributed by atoms with Gasteiger partial charge in [-0.3, -0.25) is 14.5 Å². The molecule has 5 heteroatoms. The van der Waals surface area contributed by atoms with Crippen LogP contribution in [0.4, 0.5) is 0 Å². The van der Waals surface area contributed by atoms with Crippen LogP contribution < -0.4 is 0 Å². The van der Waals surface area contributed by atoms with E-state index in [1.807, 2.05) is 11.9 Å². The summed E-state index contributed by atoms with van der Waals surface area (Å²) in [6, 6.07) is 0. The molecular weight excluding hydrogens is 234 g/mol. The molecule has 0 spiro atoms. The van der Waals surface area contributed by atoms with Crippen LogP contribution >= 0.6 is 0 Å². The SMILES string of the molecule is CC(C)C(=O)OCCN(C)CCOC(=O)C(C)C. The normalized spacial score (nSPS) is 11.1. The Kier molecular flexibility index (Phi) is 8.37. The third kappa shape index (κ3) is 8.06. The number of hydrogen-bond acceptors (Lipinski definition) is 5. The summed E-state index contributed by atoms with van der Waals surface area (Å²) in [7, 11) is 1.90. The van der Waals surface area contributed by atoms with Crippen LogP contribution in [-0.4, -0.2) is 50.2 Å². The average Bonchev–Trinajstić information content (AvgIpc) is 2.28. The molecular formula is C13H25NO4. The Balaban J connectivity index is 3.57. The van der Waals surface area contributed by atoms with Gasteiger partial charge >= 0.3 is 11.9 Å². The van der Waals surface area contributed by atoms with Crippen LogP contribution in [0.15, 0.2) is 0 Å². The molecule has 0 aromatic rings. The third-order valence-corrected chi connectivity index (χ3v) is 2.38. The maximum absolute atomic E-state index is 11.2. The van der Waals surface area contributed by atoms with Gasteiger partial charge in [0.05, 0.1) is 11.8 Å². The molecule has 0 unspecified atom stereocenters. The highest BCUT2D eigenvalue weighted by atomic mass is 16.5. The van der Waals surface area contributed by atoms with Crippen molar-refractivity contribution < 1.29 is 19.1 Å². The Morgan fingerprint density at radius 2 is 1.22 bits per heavy atom. The molecule has 0 N–H and O–H groups in total. The molecule has 0 aromatic carbocycles. The van der Waals surface area contributed by atoms with Gasteiger partial charge in [0.1, 0.15) is 13.2 Å². The minimum absolute atomic E-state index is 0.0951. The molecule has 0 heterocycles. The second-order valence-electron chi connectivity index (χ2n) is 4.95. The van der Waals surface area contributed by atoms with E-state index in [1.54, 1.807) is 27.7 Å². The standard InChI is InChI=1S/C13H25NO4/c1-10(2)12(15)17-8-6-14(5)7-9-18-13(16)11(3)4/h10-11H,6-9H2,1-5H3. The van der Waals surface area contributed by atoms with Crippen molar-refractivity contribution in [2.45, 2.75) is 27.7 Å². The number of likely N-dealkylation sites (N-methyl/N-ethyl adjacent to an activating group) is 1. The maximum Gasteiger partial charge on any atom is 0.308 e. The van der Waals surface area contributed by atoms with Crippen molar-refractivity contribution >= 4 is 11.9 Å². The summed E-state index contributed by atoms with van der Waals surface area (Å²) < 4.78 is 10.1. The molecule has 0 atom stereocenters. The van der Waals surface area contributed by atoms with Gasteiger partial charge in [0, 0.05) is 13.1 Å². The molecule has 0 amide bonds. The molecule has 106 valence electrons. The first-order chi connectivity index (χ1) is 8.34. The second-order valence-corrected chi connectivity index (χ2v) is 4.95. The van der Waals surface area contributed by atoms with Crippen molar-refractivity contribution in [2.75, 3.05) is 33.4 Å². The summed E-state index contributed by atoms with van der Waals surface area (Å²) in [4.78, 5) is 24.3. The predicted octanol–water partition coefficient (Wildman–Crippen LogP) is 1.32. The van der Waals surface area contributed by atoms with Crippen LogP contribution in [0.5, 0.6) is 0 Å². The van der Waals surface area contributed by atoms with Crippen molar-refractivity contribution in [1.82, 2.24) is 4.90 Å². The molecule has 0 aromatic heterocycles. The van der Waals surface area contributed by atoms with E-state index in [2.05, 4.69) is 0 Å². The first kappa shape index (κ1) is 16.9. The van der Waals surface area contributed by atoms with E-state index >= 15 is 0 Å². The van der Waals surface area contributed by atoms with Gasteiger partial charge in [0.25, 0.3) is 0 Å². The Bertz CT molecular complexity index is 238. The largest absolute Gasteiger partial charge is 0.464 e. The second kappa shape index (κ2) is 8.91. The van der Waals surface area contributed by atoms with E-state index in [-0.39, 0.29) is 23.8 Å². The lowest BCUT2D eigenvalue weighted by molar-refractivity contribution is -0.147. The van der Waals surface area contributed by atoms with Crippen LogP contribution in [0.25, 0.3) is 0 Å². The van der Waals surface area contributed by atoms with Gasteiger partial charge in [-0.25, -0.2) is 0 Å². The summed E-state index contributed by atoms with van der Waals surface area (Å²) in [6.07, 6.45) is 0. The number of rotatable bonds is 8. The Hall–Kier alpha value is -1.10. The monoisotopic (exact) mass is 259 g/mol. The first-order valence-electron chi connectivity index (χ1n) is 6.36. The van der Waals surface area contributed by atoms with Crippen molar-refractivity contribution in [1.29, 1.82) is 0 Å². The molecule has 0 radical (unpaired) electrons. The predicted molar refractivity (Wildman–Crippen MR) is 69.1 cm³/mol. The van der Waals surface area contributed by atoms with Crippen LogP contribution in [-0.2, 0) is 19.1 Å². The van der Waals surface area contributed by atoms with E-state index in [0.717, 1.165) is 0 Å². The number of carbonyl (C=O) groups excluding carboxylic acids is 2. The highest BCUT2D eigenvalue weighted by Crippen LogP contribution is 1.97. The van der Waals surface area contributed by atoms with E-state index in [9.17, 15) is 9.59 Å². The zero-order chi connectivity index (χ0) is 14.1. The molecule has 0 bridgehead atoms. The zero-order valence-corrected chi connectivity index (χ0v) is 12.1. The number of carbonyl (C=O) groups is 2. The van der Waals surface area contributed by atoms with Crippen molar-refractivity contribution in [3.8, 4) is 0 Å². The quantitative estimate of drug-likeness (QED) is 0.615. The minimum Gasteiger partial charge on any atom is -0.464 e. The van der Waals surface area contributed by atoms with Gasteiger partial charge in [-0.2, -0.15) is 0 Å². The Morgan fingerprint density at radius 3 is 1.50 bits per heavy atom. The molecule has 18 heavy (non-hydrogen) atoms. The third-order valence-electron chi connectivity index (χ3n) is 2.38. The number of nitrogens with zero attached hydrogens (tertiary/aromatic N) is 1. The topological polar surface area (TPSA) is 55.8 Å². The van der Waals surface area contributed by atoms with E-state index in [4.69, 9.17) is 9.47 Å².